The summed E-state index contributed by atoms with van der Waals surface area (Å²) in [6.45, 7) is 0. The van der Waals surface area contributed by atoms with Crippen molar-refractivity contribution < 1.29 is 4.74 Å². The fourth-order valence-corrected chi connectivity index (χ4v) is 3.19. The number of halogens is 5. The second-order valence-electron chi connectivity index (χ2n) is 5.12. The summed E-state index contributed by atoms with van der Waals surface area (Å²) in [5.41, 5.74) is 6.83. The number of hydrogen-bond donors (Lipinski definition) is 2. The molecule has 0 fully saturated rings. The van der Waals surface area contributed by atoms with Gasteiger partial charge in [0.05, 0.1) is 26.7 Å². The van der Waals surface area contributed by atoms with Crippen LogP contribution in [0.3, 0.4) is 0 Å². The number of benzene rings is 2. The summed E-state index contributed by atoms with van der Waals surface area (Å²) in [7, 11) is 0. The Balaban J connectivity index is 1.93. The van der Waals surface area contributed by atoms with Crippen molar-refractivity contribution in [1.29, 1.82) is 5.26 Å². The molecule has 3 N–H and O–H groups in total. The number of ether oxygens (including phenoxy) is 1. The van der Waals surface area contributed by atoms with Crippen LogP contribution in [0.1, 0.15) is 5.56 Å². The lowest BCUT2D eigenvalue weighted by Gasteiger charge is -2.13. The molecule has 7 nitrogen and oxygen atoms in total. The van der Waals surface area contributed by atoms with E-state index in [9.17, 15) is 0 Å². The monoisotopic (exact) mass is 474 g/mol. The lowest BCUT2D eigenvalue weighted by molar-refractivity contribution is 0.442. The Morgan fingerprint density at radius 3 is 2.00 bits per heavy atom. The minimum absolute atomic E-state index is 0.0102. The number of nitrogens with zero attached hydrogens (tertiary/aromatic N) is 4. The molecule has 12 heteroatoms. The third-order valence-electron chi connectivity index (χ3n) is 3.27. The lowest BCUT2D eigenvalue weighted by atomic mass is 10.2. The summed E-state index contributed by atoms with van der Waals surface area (Å²) >= 11 is 30.3. The highest BCUT2D eigenvalue weighted by Crippen LogP contribution is 2.49. The molecular formula is C16H7Cl5N6O. The molecule has 0 saturated carbocycles. The van der Waals surface area contributed by atoms with E-state index < -0.39 is 0 Å². The van der Waals surface area contributed by atoms with Crippen LogP contribution in [0.4, 0.5) is 17.6 Å². The molecule has 2 aromatic carbocycles. The van der Waals surface area contributed by atoms with Crippen LogP contribution >= 0.6 is 58.0 Å². The van der Waals surface area contributed by atoms with Crippen molar-refractivity contribution in [3.63, 3.8) is 0 Å². The van der Waals surface area contributed by atoms with Crippen molar-refractivity contribution in [2.24, 2.45) is 0 Å². The van der Waals surface area contributed by atoms with E-state index in [-0.39, 0.29) is 48.8 Å². The Hall–Kier alpha value is -2.21. The van der Waals surface area contributed by atoms with Gasteiger partial charge in [0.2, 0.25) is 11.9 Å². The second-order valence-corrected chi connectivity index (χ2v) is 7.00. The highest BCUT2D eigenvalue weighted by Gasteiger charge is 2.22. The smallest absolute Gasteiger partial charge is 0.328 e. The van der Waals surface area contributed by atoms with Crippen molar-refractivity contribution in [3.05, 3.63) is 54.9 Å². The van der Waals surface area contributed by atoms with Gasteiger partial charge >= 0.3 is 6.01 Å². The van der Waals surface area contributed by atoms with E-state index in [1.165, 1.54) is 0 Å². The number of anilines is 3. The van der Waals surface area contributed by atoms with Crippen LogP contribution in [-0.2, 0) is 0 Å². The number of nitrogens with two attached hydrogens (primary N) is 1. The first kappa shape index (κ1) is 20.5. The van der Waals surface area contributed by atoms with Crippen LogP contribution in [0.15, 0.2) is 24.3 Å². The molecule has 3 rings (SSSR count). The van der Waals surface area contributed by atoms with Crippen molar-refractivity contribution >= 4 is 75.6 Å². The van der Waals surface area contributed by atoms with Gasteiger partial charge in [-0.2, -0.15) is 20.2 Å². The van der Waals surface area contributed by atoms with Crippen LogP contribution in [0.2, 0.25) is 25.1 Å². The Morgan fingerprint density at radius 1 is 0.857 bits per heavy atom. The summed E-state index contributed by atoms with van der Waals surface area (Å²) in [4.78, 5) is 11.9. The second kappa shape index (κ2) is 8.43. The van der Waals surface area contributed by atoms with Gasteiger partial charge in [-0.3, -0.25) is 0 Å². The van der Waals surface area contributed by atoms with E-state index in [0.717, 1.165) is 0 Å². The molecular weight excluding hydrogens is 469 g/mol. The number of rotatable bonds is 4. The molecule has 0 saturated heterocycles. The first-order chi connectivity index (χ1) is 13.3. The third kappa shape index (κ3) is 4.27. The average Bonchev–Trinajstić information content (AvgIpc) is 2.68. The molecule has 0 radical (unpaired) electrons. The zero-order valence-corrected chi connectivity index (χ0v) is 17.3. The van der Waals surface area contributed by atoms with E-state index in [4.69, 9.17) is 73.7 Å². The topological polar surface area (TPSA) is 110 Å². The molecule has 1 heterocycles. The highest BCUT2D eigenvalue weighted by molar-refractivity contribution is 6.55. The van der Waals surface area contributed by atoms with E-state index >= 15 is 0 Å². The number of hydrogen-bond acceptors (Lipinski definition) is 7. The maximum Gasteiger partial charge on any atom is 0.328 e. The zero-order valence-electron chi connectivity index (χ0n) is 13.5. The molecule has 142 valence electrons. The summed E-state index contributed by atoms with van der Waals surface area (Å²) in [5.74, 6) is -0.122. The van der Waals surface area contributed by atoms with Crippen molar-refractivity contribution in [2.75, 3.05) is 11.1 Å². The van der Waals surface area contributed by atoms with E-state index in [2.05, 4.69) is 20.3 Å². The fraction of sp³-hybridized carbons (Fsp3) is 0. The van der Waals surface area contributed by atoms with E-state index in [1.807, 2.05) is 6.07 Å². The Morgan fingerprint density at radius 2 is 1.43 bits per heavy atom. The van der Waals surface area contributed by atoms with Crippen molar-refractivity contribution in [2.45, 2.75) is 0 Å². The summed E-state index contributed by atoms with van der Waals surface area (Å²) in [5, 5.41) is 11.5. The predicted molar refractivity (Wildman–Crippen MR) is 110 cm³/mol. The van der Waals surface area contributed by atoms with Crippen LogP contribution < -0.4 is 15.8 Å². The van der Waals surface area contributed by atoms with Crippen LogP contribution in [0.25, 0.3) is 0 Å². The first-order valence-electron chi connectivity index (χ1n) is 7.28. The molecule has 1 aromatic heterocycles. The van der Waals surface area contributed by atoms with Gasteiger partial charge in [0.1, 0.15) is 10.0 Å². The molecule has 0 aliphatic heterocycles. The van der Waals surface area contributed by atoms with Crippen LogP contribution in [0.5, 0.6) is 11.8 Å². The van der Waals surface area contributed by atoms with Crippen molar-refractivity contribution in [3.8, 4) is 17.8 Å². The van der Waals surface area contributed by atoms with E-state index in [0.29, 0.717) is 11.3 Å². The molecule has 0 amide bonds. The SMILES string of the molecule is N#Cc1ccc(Nc2nc(N)nc(Oc3c(Cl)c(Cl)c(Cl)c(Cl)c3Cl)n2)cc1. The average molecular weight is 477 g/mol. The van der Waals surface area contributed by atoms with Gasteiger partial charge in [0.15, 0.2) is 5.75 Å². The number of nitrogen functional groups attached to an aromatic ring is 1. The van der Waals surface area contributed by atoms with Crippen LogP contribution in [0, 0.1) is 11.3 Å². The summed E-state index contributed by atoms with van der Waals surface area (Å²) in [6, 6.07) is 8.41. The quantitative estimate of drug-likeness (QED) is 0.344. The maximum atomic E-state index is 8.85. The predicted octanol–water partition coefficient (Wildman–Crippen LogP) is 6.13. The van der Waals surface area contributed by atoms with Crippen LogP contribution in [-0.4, -0.2) is 15.0 Å². The highest BCUT2D eigenvalue weighted by atomic mass is 35.5. The largest absolute Gasteiger partial charge is 0.421 e. The lowest BCUT2D eigenvalue weighted by Crippen LogP contribution is -2.05. The molecule has 0 atom stereocenters. The number of aromatic nitrogens is 3. The number of nitriles is 1. The fourth-order valence-electron chi connectivity index (χ4n) is 2.00. The van der Waals surface area contributed by atoms with Gasteiger partial charge in [-0.1, -0.05) is 58.0 Å². The first-order valence-corrected chi connectivity index (χ1v) is 9.17. The van der Waals surface area contributed by atoms with Gasteiger partial charge < -0.3 is 15.8 Å². The van der Waals surface area contributed by atoms with E-state index in [1.54, 1.807) is 24.3 Å². The zero-order chi connectivity index (χ0) is 20.4. The molecule has 0 spiro atoms. The Labute approximate surface area is 183 Å². The minimum Gasteiger partial charge on any atom is -0.421 e. The number of nitrogens with one attached hydrogen (secondary N) is 1. The molecule has 0 aliphatic rings. The van der Waals surface area contributed by atoms with Crippen molar-refractivity contribution in [1.82, 2.24) is 15.0 Å². The summed E-state index contributed by atoms with van der Waals surface area (Å²) < 4.78 is 5.54. The molecule has 3 aromatic rings. The van der Waals surface area contributed by atoms with Gasteiger partial charge in [0.25, 0.3) is 0 Å². The van der Waals surface area contributed by atoms with Gasteiger partial charge in [-0.25, -0.2) is 0 Å². The maximum absolute atomic E-state index is 8.85. The molecule has 28 heavy (non-hydrogen) atoms. The minimum atomic E-state index is -0.207. The van der Waals surface area contributed by atoms with Gasteiger partial charge in [-0.15, -0.1) is 0 Å². The molecule has 0 aliphatic carbocycles. The van der Waals surface area contributed by atoms with Gasteiger partial charge in [-0.05, 0) is 24.3 Å². The standard InChI is InChI=1S/C16H7Cl5N6O/c17-8-9(18)11(20)13(12(21)10(8)19)28-16-26-14(23)25-15(27-16)24-7-3-1-6(5-22)2-4-7/h1-4H,(H3,23,24,25,26,27). The molecule has 0 bridgehead atoms. The summed E-state index contributed by atoms with van der Waals surface area (Å²) in [6.07, 6.45) is 0. The molecule has 0 unspecified atom stereocenters. The Kier molecular flexibility index (Phi) is 6.18. The normalized spacial score (nSPS) is 10.4. The van der Waals surface area contributed by atoms with Gasteiger partial charge in [0, 0.05) is 5.69 Å². The Bertz CT molecular complexity index is 1070. The third-order valence-corrected chi connectivity index (χ3v) is 5.51.